The number of ether oxygens (including phenoxy) is 1. The van der Waals surface area contributed by atoms with Crippen molar-refractivity contribution in [2.24, 2.45) is 11.7 Å². The molecule has 2 amide bonds. The molecule has 3 aliphatic rings. The summed E-state index contributed by atoms with van der Waals surface area (Å²) in [6.07, 6.45) is 0.0929. The Labute approximate surface area is 219 Å². The molecule has 2 N–H and O–H groups in total. The van der Waals surface area contributed by atoms with Crippen LogP contribution >= 0.6 is 22.9 Å². The summed E-state index contributed by atoms with van der Waals surface area (Å²) in [6, 6.07) is 1.29. The molecule has 2 aromatic rings. The summed E-state index contributed by atoms with van der Waals surface area (Å²) < 4.78 is 44.8. The van der Waals surface area contributed by atoms with E-state index in [0.717, 1.165) is 55.7 Å². The number of thiazole rings is 1. The van der Waals surface area contributed by atoms with Crippen molar-refractivity contribution in [3.63, 3.8) is 0 Å². The van der Waals surface area contributed by atoms with Crippen LogP contribution in [-0.2, 0) is 20.5 Å². The van der Waals surface area contributed by atoms with Crippen LogP contribution in [-0.4, -0.2) is 63.1 Å². The summed E-state index contributed by atoms with van der Waals surface area (Å²) in [7, 11) is 0. The van der Waals surface area contributed by atoms with Gasteiger partial charge in [-0.25, -0.2) is 4.98 Å². The molecule has 1 saturated carbocycles. The molecule has 4 atom stereocenters. The van der Waals surface area contributed by atoms with E-state index in [1.54, 1.807) is 0 Å². The number of rotatable bonds is 5. The third kappa shape index (κ3) is 4.86. The van der Waals surface area contributed by atoms with Gasteiger partial charge in [-0.3, -0.25) is 19.4 Å². The van der Waals surface area contributed by atoms with Crippen molar-refractivity contribution in [1.82, 2.24) is 14.9 Å². The van der Waals surface area contributed by atoms with Crippen LogP contribution in [0.15, 0.2) is 18.3 Å². The topological polar surface area (TPSA) is 115 Å². The number of aromatic nitrogens is 2. The van der Waals surface area contributed by atoms with E-state index in [2.05, 4.69) is 9.97 Å². The number of Topliss-reactive ketones (excluding diaryl/α,β-unsaturated/α-hetero) is 1. The number of ketones is 1. The van der Waals surface area contributed by atoms with Crippen LogP contribution < -0.4 is 5.73 Å². The number of primary amides is 1. The van der Waals surface area contributed by atoms with E-state index >= 15 is 0 Å². The lowest BCUT2D eigenvalue weighted by Crippen LogP contribution is -2.45. The van der Waals surface area contributed by atoms with Gasteiger partial charge in [-0.2, -0.15) is 13.2 Å². The molecule has 8 nitrogen and oxygen atoms in total. The molecule has 0 spiro atoms. The third-order valence-corrected chi connectivity index (χ3v) is 8.79. The normalized spacial score (nSPS) is 25.4. The molecular weight excluding hydrogens is 533 g/mol. The van der Waals surface area contributed by atoms with Gasteiger partial charge in [-0.05, 0) is 30.9 Å². The lowest BCUT2D eigenvalue weighted by atomic mass is 9.77. The maximum atomic E-state index is 14.2. The van der Waals surface area contributed by atoms with Gasteiger partial charge in [0.15, 0.2) is 10.8 Å². The molecule has 4 heterocycles. The van der Waals surface area contributed by atoms with Gasteiger partial charge in [0.2, 0.25) is 5.91 Å². The average molecular weight is 557 g/mol. The van der Waals surface area contributed by atoms with Crippen molar-refractivity contribution in [3.8, 4) is 10.4 Å². The minimum atomic E-state index is -4.62. The fourth-order valence-electron chi connectivity index (χ4n) is 5.56. The lowest BCUT2D eigenvalue weighted by molar-refractivity contribution is -0.141. The van der Waals surface area contributed by atoms with Gasteiger partial charge < -0.3 is 15.4 Å². The second kappa shape index (κ2) is 9.95. The minimum Gasteiger partial charge on any atom is -0.366 e. The Bertz CT molecular complexity index is 1220. The second-order valence-corrected chi connectivity index (χ2v) is 11.2. The highest BCUT2D eigenvalue weighted by molar-refractivity contribution is 7.17. The van der Waals surface area contributed by atoms with Gasteiger partial charge in [0, 0.05) is 18.3 Å². The highest BCUT2D eigenvalue weighted by Crippen LogP contribution is 2.45. The van der Waals surface area contributed by atoms with Gasteiger partial charge in [0.05, 0.1) is 21.9 Å². The first kappa shape index (κ1) is 26.1. The number of likely N-dealkylation sites (tertiary alicyclic amines) is 1. The zero-order chi connectivity index (χ0) is 26.5. The highest BCUT2D eigenvalue weighted by Gasteiger charge is 2.53. The Hall–Kier alpha value is -2.57. The van der Waals surface area contributed by atoms with Crippen LogP contribution in [0.2, 0.25) is 0 Å². The predicted octanol–water partition coefficient (Wildman–Crippen LogP) is 3.77. The van der Waals surface area contributed by atoms with E-state index < -0.39 is 41.2 Å². The molecule has 2 aromatic heterocycles. The number of carbonyl (C=O) groups excluding carboxylic acids is 3. The minimum absolute atomic E-state index is 0.0618. The molecule has 0 unspecified atom stereocenters. The maximum absolute atomic E-state index is 14.2. The van der Waals surface area contributed by atoms with Gasteiger partial charge >= 0.3 is 6.18 Å². The van der Waals surface area contributed by atoms with Crippen LogP contribution in [0, 0.1) is 5.92 Å². The van der Waals surface area contributed by atoms with Gasteiger partial charge in [0.25, 0.3) is 5.91 Å². The SMILES string of the molecule is NC(=O)c1nc([C@@H](C(=O)N2C[C@H](Cl)[C@H]3OCC(=O)[C@H]32)C2CCCCC2)c(-c2ccc(C(F)(F)F)nc2)s1. The Morgan fingerprint density at radius 2 is 1.95 bits per heavy atom. The number of amides is 2. The maximum Gasteiger partial charge on any atom is 0.433 e. The first-order valence-corrected chi connectivity index (χ1v) is 13.2. The van der Waals surface area contributed by atoms with Crippen molar-refractivity contribution >= 4 is 40.5 Å². The zero-order valence-electron chi connectivity index (χ0n) is 19.5. The molecular formula is C24H24ClF3N4O4S. The van der Waals surface area contributed by atoms with E-state index in [0.29, 0.717) is 4.88 Å². The molecule has 2 aliphatic heterocycles. The van der Waals surface area contributed by atoms with Gasteiger partial charge in [0.1, 0.15) is 24.4 Å². The van der Waals surface area contributed by atoms with Crippen molar-refractivity contribution in [2.75, 3.05) is 13.2 Å². The van der Waals surface area contributed by atoms with Crippen LogP contribution in [0.3, 0.4) is 0 Å². The number of fused-ring (bicyclic) bond motifs is 1. The fraction of sp³-hybridized carbons (Fsp3) is 0.542. The van der Waals surface area contributed by atoms with Crippen LogP contribution in [0.1, 0.15) is 59.2 Å². The van der Waals surface area contributed by atoms with E-state index in [1.165, 1.54) is 11.0 Å². The molecule has 0 radical (unpaired) electrons. The zero-order valence-corrected chi connectivity index (χ0v) is 21.1. The number of alkyl halides is 4. The summed E-state index contributed by atoms with van der Waals surface area (Å²) in [6.45, 7) is -0.00388. The predicted molar refractivity (Wildman–Crippen MR) is 128 cm³/mol. The quantitative estimate of drug-likeness (QED) is 0.561. The molecule has 0 aromatic carbocycles. The van der Waals surface area contributed by atoms with Crippen LogP contribution in [0.4, 0.5) is 13.2 Å². The summed E-state index contributed by atoms with van der Waals surface area (Å²) in [5.74, 6) is -2.37. The first-order valence-electron chi connectivity index (χ1n) is 12.0. The number of hydrogen-bond donors (Lipinski definition) is 1. The Morgan fingerprint density at radius 3 is 2.57 bits per heavy atom. The third-order valence-electron chi connectivity index (χ3n) is 7.27. The number of nitrogens with two attached hydrogens (primary N) is 1. The van der Waals surface area contributed by atoms with Crippen molar-refractivity contribution < 1.29 is 32.3 Å². The second-order valence-electron chi connectivity index (χ2n) is 9.60. The van der Waals surface area contributed by atoms with E-state index in [1.807, 2.05) is 0 Å². The van der Waals surface area contributed by atoms with E-state index in [-0.39, 0.29) is 47.0 Å². The van der Waals surface area contributed by atoms with E-state index in [9.17, 15) is 27.6 Å². The monoisotopic (exact) mass is 556 g/mol. The lowest BCUT2D eigenvalue weighted by Gasteiger charge is -2.33. The average Bonchev–Trinajstić information content (AvgIpc) is 3.56. The number of pyridine rings is 1. The fourth-order valence-corrected chi connectivity index (χ4v) is 6.88. The Morgan fingerprint density at radius 1 is 1.22 bits per heavy atom. The van der Waals surface area contributed by atoms with Gasteiger partial charge in [-0.1, -0.05) is 19.3 Å². The largest absolute Gasteiger partial charge is 0.433 e. The van der Waals surface area contributed by atoms with Crippen molar-refractivity contribution in [3.05, 3.63) is 34.7 Å². The van der Waals surface area contributed by atoms with Crippen molar-refractivity contribution in [2.45, 2.75) is 61.7 Å². The number of hydrogen-bond acceptors (Lipinski definition) is 7. The standard InChI is InChI=1S/C24H24ClF3N4O4S/c25-13-9-32(18-14(33)10-36-19(13)18)23(35)16(11-4-2-1-3-5-11)17-20(37-22(31-17)21(29)34)12-6-7-15(30-8-12)24(26,27)28/h6-8,11,13,16,18-19H,1-5,9-10H2,(H2,29,34)/t13-,16-,18+,19+/m0/s1. The molecule has 2 saturated heterocycles. The van der Waals surface area contributed by atoms with Crippen LogP contribution in [0.25, 0.3) is 10.4 Å². The highest BCUT2D eigenvalue weighted by atomic mass is 35.5. The number of carbonyl (C=O) groups is 3. The van der Waals surface area contributed by atoms with Crippen LogP contribution in [0.5, 0.6) is 0 Å². The Balaban J connectivity index is 1.59. The number of halogens is 4. The molecule has 3 fully saturated rings. The molecule has 13 heteroatoms. The molecule has 5 rings (SSSR count). The Kier molecular flexibility index (Phi) is 7.01. The molecule has 198 valence electrons. The molecule has 37 heavy (non-hydrogen) atoms. The molecule has 1 aliphatic carbocycles. The molecule has 0 bridgehead atoms. The number of nitrogens with zero attached hydrogens (tertiary/aromatic N) is 3. The summed E-state index contributed by atoms with van der Waals surface area (Å²) in [4.78, 5) is 48.6. The summed E-state index contributed by atoms with van der Waals surface area (Å²) in [5.41, 5.74) is 5.00. The summed E-state index contributed by atoms with van der Waals surface area (Å²) >= 11 is 7.34. The summed E-state index contributed by atoms with van der Waals surface area (Å²) in [5, 5.41) is -0.615. The first-order chi connectivity index (χ1) is 17.6. The van der Waals surface area contributed by atoms with E-state index in [4.69, 9.17) is 22.1 Å². The smallest absolute Gasteiger partial charge is 0.366 e. The van der Waals surface area contributed by atoms with Crippen molar-refractivity contribution in [1.29, 1.82) is 0 Å². The van der Waals surface area contributed by atoms with Gasteiger partial charge in [-0.15, -0.1) is 22.9 Å².